The summed E-state index contributed by atoms with van der Waals surface area (Å²) in [6.07, 6.45) is 0. The fourth-order valence-electron chi connectivity index (χ4n) is 3.79. The van der Waals surface area contributed by atoms with Gasteiger partial charge >= 0.3 is 0 Å². The van der Waals surface area contributed by atoms with Crippen LogP contribution in [0, 0.1) is 13.8 Å². The molecule has 0 aliphatic carbocycles. The first-order valence-corrected chi connectivity index (χ1v) is 9.89. The van der Waals surface area contributed by atoms with Crippen LogP contribution in [-0.2, 0) is 11.3 Å². The van der Waals surface area contributed by atoms with Crippen LogP contribution in [0.4, 0.5) is 11.6 Å². The molecule has 27 heavy (non-hydrogen) atoms. The van der Waals surface area contributed by atoms with Crippen LogP contribution in [-0.4, -0.2) is 67.6 Å². The summed E-state index contributed by atoms with van der Waals surface area (Å²) < 4.78 is 5.40. The van der Waals surface area contributed by atoms with Gasteiger partial charge in [-0.05, 0) is 37.1 Å². The third kappa shape index (κ3) is 4.39. The van der Waals surface area contributed by atoms with E-state index in [9.17, 15) is 0 Å². The SMILES string of the molecule is Cc1ccc(C)c(CN2CCN(c3ccc(N4CCOCC4)nn3)CC2)c1. The highest BCUT2D eigenvalue weighted by Gasteiger charge is 2.20. The number of hydrogen-bond donors (Lipinski definition) is 0. The van der Waals surface area contributed by atoms with Crippen molar-refractivity contribution in [3.8, 4) is 0 Å². The van der Waals surface area contributed by atoms with Gasteiger partial charge in [0.15, 0.2) is 11.6 Å². The summed E-state index contributed by atoms with van der Waals surface area (Å²) in [6.45, 7) is 12.8. The molecule has 6 nitrogen and oxygen atoms in total. The van der Waals surface area contributed by atoms with E-state index in [0.717, 1.165) is 70.7 Å². The maximum Gasteiger partial charge on any atom is 0.151 e. The number of benzene rings is 1. The van der Waals surface area contributed by atoms with Gasteiger partial charge in [0.1, 0.15) is 0 Å². The fourth-order valence-corrected chi connectivity index (χ4v) is 3.79. The molecule has 144 valence electrons. The van der Waals surface area contributed by atoms with Gasteiger partial charge in [0.2, 0.25) is 0 Å². The largest absolute Gasteiger partial charge is 0.378 e. The van der Waals surface area contributed by atoms with Crippen LogP contribution in [0.3, 0.4) is 0 Å². The van der Waals surface area contributed by atoms with Gasteiger partial charge in [0.25, 0.3) is 0 Å². The number of piperazine rings is 1. The van der Waals surface area contributed by atoms with Gasteiger partial charge in [-0.15, -0.1) is 10.2 Å². The second-order valence-electron chi connectivity index (χ2n) is 7.54. The Morgan fingerprint density at radius 2 is 1.44 bits per heavy atom. The number of aryl methyl sites for hydroxylation is 2. The molecule has 2 aliphatic rings. The maximum absolute atomic E-state index is 5.40. The Balaban J connectivity index is 1.33. The van der Waals surface area contributed by atoms with E-state index in [1.807, 2.05) is 0 Å². The molecule has 0 radical (unpaired) electrons. The van der Waals surface area contributed by atoms with Gasteiger partial charge in [-0.1, -0.05) is 23.8 Å². The van der Waals surface area contributed by atoms with Crippen molar-refractivity contribution < 1.29 is 4.74 Å². The van der Waals surface area contributed by atoms with Gasteiger partial charge in [0.05, 0.1) is 13.2 Å². The molecule has 4 rings (SSSR count). The smallest absolute Gasteiger partial charge is 0.151 e. The second kappa shape index (κ2) is 8.23. The summed E-state index contributed by atoms with van der Waals surface area (Å²) >= 11 is 0. The molecule has 0 bridgehead atoms. The van der Waals surface area contributed by atoms with Crippen LogP contribution in [0.5, 0.6) is 0 Å². The van der Waals surface area contributed by atoms with Crippen LogP contribution in [0.2, 0.25) is 0 Å². The number of aromatic nitrogens is 2. The van der Waals surface area contributed by atoms with Crippen molar-refractivity contribution >= 4 is 11.6 Å². The number of anilines is 2. The molecule has 1 aromatic carbocycles. The molecular weight excluding hydrogens is 338 g/mol. The molecule has 3 heterocycles. The molecule has 0 N–H and O–H groups in total. The van der Waals surface area contributed by atoms with Crippen molar-refractivity contribution in [2.45, 2.75) is 20.4 Å². The zero-order valence-electron chi connectivity index (χ0n) is 16.4. The Morgan fingerprint density at radius 3 is 2.07 bits per heavy atom. The lowest BCUT2D eigenvalue weighted by Crippen LogP contribution is -2.46. The van der Waals surface area contributed by atoms with E-state index in [2.05, 4.69) is 69.1 Å². The molecule has 1 aromatic heterocycles. The highest BCUT2D eigenvalue weighted by molar-refractivity contribution is 5.45. The monoisotopic (exact) mass is 367 g/mol. The fraction of sp³-hybridized carbons (Fsp3) is 0.524. The van der Waals surface area contributed by atoms with Crippen LogP contribution in [0.15, 0.2) is 30.3 Å². The zero-order valence-corrected chi connectivity index (χ0v) is 16.4. The van der Waals surface area contributed by atoms with Crippen LogP contribution < -0.4 is 9.80 Å². The topological polar surface area (TPSA) is 44.7 Å². The lowest BCUT2D eigenvalue weighted by molar-refractivity contribution is 0.122. The summed E-state index contributed by atoms with van der Waals surface area (Å²) in [5.41, 5.74) is 4.16. The Hall–Kier alpha value is -2.18. The lowest BCUT2D eigenvalue weighted by Gasteiger charge is -2.35. The van der Waals surface area contributed by atoms with E-state index in [0.29, 0.717) is 0 Å². The highest BCUT2D eigenvalue weighted by atomic mass is 16.5. The second-order valence-corrected chi connectivity index (χ2v) is 7.54. The molecule has 0 unspecified atom stereocenters. The van der Waals surface area contributed by atoms with E-state index in [1.54, 1.807) is 0 Å². The van der Waals surface area contributed by atoms with Crippen molar-refractivity contribution in [3.05, 3.63) is 47.0 Å². The maximum atomic E-state index is 5.40. The first-order valence-electron chi connectivity index (χ1n) is 9.89. The van der Waals surface area contributed by atoms with Gasteiger partial charge in [-0.2, -0.15) is 0 Å². The molecule has 6 heteroatoms. The Kier molecular flexibility index (Phi) is 5.55. The quantitative estimate of drug-likeness (QED) is 0.826. The summed E-state index contributed by atoms with van der Waals surface area (Å²) in [5, 5.41) is 8.94. The molecule has 2 aromatic rings. The average molecular weight is 367 g/mol. The summed E-state index contributed by atoms with van der Waals surface area (Å²) in [5.74, 6) is 1.94. The number of rotatable bonds is 4. The molecule has 0 amide bonds. The first-order chi connectivity index (χ1) is 13.2. The van der Waals surface area contributed by atoms with Crippen LogP contribution >= 0.6 is 0 Å². The molecule has 2 aliphatic heterocycles. The molecule has 0 atom stereocenters. The molecular formula is C21H29N5O. The third-order valence-electron chi connectivity index (χ3n) is 5.57. The number of hydrogen-bond acceptors (Lipinski definition) is 6. The third-order valence-corrected chi connectivity index (χ3v) is 5.57. The minimum Gasteiger partial charge on any atom is -0.378 e. The van der Waals surface area contributed by atoms with Crippen LogP contribution in [0.1, 0.15) is 16.7 Å². The summed E-state index contributed by atoms with van der Waals surface area (Å²) in [7, 11) is 0. The summed E-state index contributed by atoms with van der Waals surface area (Å²) in [4.78, 5) is 7.12. The highest BCUT2D eigenvalue weighted by Crippen LogP contribution is 2.19. The van der Waals surface area contributed by atoms with Crippen molar-refractivity contribution in [1.29, 1.82) is 0 Å². The Labute approximate surface area is 161 Å². The molecule has 0 spiro atoms. The number of morpholine rings is 1. The minimum absolute atomic E-state index is 0.770. The van der Waals surface area contributed by atoms with E-state index in [4.69, 9.17) is 4.74 Å². The molecule has 0 saturated carbocycles. The predicted octanol–water partition coefficient (Wildman–Crippen LogP) is 2.25. The van der Waals surface area contributed by atoms with E-state index in [-0.39, 0.29) is 0 Å². The lowest BCUT2D eigenvalue weighted by atomic mass is 10.0. The van der Waals surface area contributed by atoms with Gasteiger partial charge in [0, 0.05) is 45.8 Å². The number of ether oxygens (including phenoxy) is 1. The Morgan fingerprint density at radius 1 is 0.815 bits per heavy atom. The van der Waals surface area contributed by atoms with E-state index < -0.39 is 0 Å². The van der Waals surface area contributed by atoms with Gasteiger partial charge in [-0.3, -0.25) is 4.90 Å². The van der Waals surface area contributed by atoms with Crippen molar-refractivity contribution in [2.75, 3.05) is 62.3 Å². The van der Waals surface area contributed by atoms with E-state index in [1.165, 1.54) is 16.7 Å². The molecule has 2 fully saturated rings. The molecule has 2 saturated heterocycles. The van der Waals surface area contributed by atoms with Crippen molar-refractivity contribution in [3.63, 3.8) is 0 Å². The average Bonchev–Trinajstić information content (AvgIpc) is 2.72. The minimum atomic E-state index is 0.770. The summed E-state index contributed by atoms with van der Waals surface area (Å²) in [6, 6.07) is 10.9. The first kappa shape index (κ1) is 18.2. The van der Waals surface area contributed by atoms with E-state index >= 15 is 0 Å². The van der Waals surface area contributed by atoms with Crippen LogP contribution in [0.25, 0.3) is 0 Å². The van der Waals surface area contributed by atoms with Gasteiger partial charge in [-0.25, -0.2) is 0 Å². The van der Waals surface area contributed by atoms with Gasteiger partial charge < -0.3 is 14.5 Å². The van der Waals surface area contributed by atoms with Crippen molar-refractivity contribution in [2.24, 2.45) is 0 Å². The zero-order chi connectivity index (χ0) is 18.6. The predicted molar refractivity (Wildman–Crippen MR) is 108 cm³/mol. The standard InChI is InChI=1S/C21H29N5O/c1-17-3-4-18(2)19(15-17)16-24-7-9-25(10-8-24)20-5-6-21(23-22-20)26-11-13-27-14-12-26/h3-6,15H,7-14,16H2,1-2H3. The normalized spacial score (nSPS) is 18.7. The van der Waals surface area contributed by atoms with Crippen molar-refractivity contribution in [1.82, 2.24) is 15.1 Å². The Bertz CT molecular complexity index is 750. The number of nitrogens with zero attached hydrogens (tertiary/aromatic N) is 5.